The van der Waals surface area contributed by atoms with Gasteiger partial charge in [0.25, 0.3) is 11.1 Å². The number of fused-ring (bicyclic) bond motifs is 8. The fraction of sp³-hybridized carbons (Fsp3) is 0.476. The molecule has 7 heterocycles. The Morgan fingerprint density at radius 2 is 1.14 bits per heavy atom. The molecular formula is C42H48N2O2S5. The van der Waals surface area contributed by atoms with Crippen molar-refractivity contribution in [2.45, 2.75) is 91.9 Å². The summed E-state index contributed by atoms with van der Waals surface area (Å²) in [5, 5.41) is 3.71. The minimum Gasteiger partial charge on any atom is -0.274 e. The molecule has 0 saturated heterocycles. The maximum Gasteiger partial charge on any atom is 0.273 e. The van der Waals surface area contributed by atoms with E-state index < -0.39 is 0 Å². The van der Waals surface area contributed by atoms with Gasteiger partial charge < -0.3 is 0 Å². The molecule has 0 bridgehead atoms. The fourth-order valence-electron chi connectivity index (χ4n) is 8.00. The number of benzene rings is 1. The molecule has 0 amide bonds. The van der Waals surface area contributed by atoms with Crippen molar-refractivity contribution in [1.29, 1.82) is 0 Å². The van der Waals surface area contributed by atoms with Crippen molar-refractivity contribution in [2.24, 2.45) is 11.8 Å². The zero-order valence-corrected chi connectivity index (χ0v) is 34.4. The molecule has 0 N–H and O–H groups in total. The largest absolute Gasteiger partial charge is 0.274 e. The van der Waals surface area contributed by atoms with Gasteiger partial charge in [-0.3, -0.25) is 18.4 Å². The van der Waals surface area contributed by atoms with Gasteiger partial charge in [-0.2, -0.15) is 23.5 Å². The van der Waals surface area contributed by atoms with Crippen molar-refractivity contribution in [1.82, 2.24) is 8.80 Å². The maximum atomic E-state index is 14.4. The summed E-state index contributed by atoms with van der Waals surface area (Å²) < 4.78 is 8.02. The zero-order valence-electron chi connectivity index (χ0n) is 30.3. The molecule has 0 aliphatic carbocycles. The van der Waals surface area contributed by atoms with Crippen LogP contribution in [-0.2, 0) is 12.8 Å². The van der Waals surface area contributed by atoms with Crippen LogP contribution in [0.25, 0.3) is 62.4 Å². The van der Waals surface area contributed by atoms with E-state index >= 15 is 0 Å². The van der Waals surface area contributed by atoms with Crippen LogP contribution >= 0.6 is 57.5 Å². The van der Waals surface area contributed by atoms with Crippen LogP contribution in [0.4, 0.5) is 0 Å². The van der Waals surface area contributed by atoms with Gasteiger partial charge in [0.05, 0.1) is 36.2 Å². The minimum atomic E-state index is 0.0244. The minimum absolute atomic E-state index is 0.0244. The van der Waals surface area contributed by atoms with Gasteiger partial charge in [0.15, 0.2) is 0 Å². The Bertz CT molecular complexity index is 2570. The number of hydrogen-bond donors (Lipinski definition) is 0. The number of unbranched alkanes of at least 4 members (excludes halogenated alkanes) is 2. The molecule has 8 aromatic rings. The van der Waals surface area contributed by atoms with E-state index in [0.29, 0.717) is 5.39 Å². The Morgan fingerprint density at radius 3 is 1.71 bits per heavy atom. The first-order valence-corrected chi connectivity index (χ1v) is 23.8. The normalized spacial score (nSPS) is 14.0. The fourth-order valence-corrected chi connectivity index (χ4v) is 14.2. The third-order valence-electron chi connectivity index (χ3n) is 11.1. The summed E-state index contributed by atoms with van der Waals surface area (Å²) >= 11 is 9.39. The molecular weight excluding hydrogens is 725 g/mol. The van der Waals surface area contributed by atoms with Crippen LogP contribution in [0.15, 0.2) is 46.0 Å². The molecule has 0 fully saturated rings. The van der Waals surface area contributed by atoms with E-state index in [2.05, 4.69) is 81.6 Å². The van der Waals surface area contributed by atoms with Crippen LogP contribution in [-0.4, -0.2) is 31.8 Å². The highest BCUT2D eigenvalue weighted by Crippen LogP contribution is 2.44. The molecule has 268 valence electrons. The Kier molecular flexibility index (Phi) is 10.7. The number of aromatic nitrogens is 2. The van der Waals surface area contributed by atoms with Crippen LogP contribution in [0, 0.1) is 11.8 Å². The summed E-state index contributed by atoms with van der Waals surface area (Å²) in [6, 6.07) is 13.0. The maximum absolute atomic E-state index is 14.4. The smallest absolute Gasteiger partial charge is 0.273 e. The van der Waals surface area contributed by atoms with Crippen LogP contribution in [0.5, 0.6) is 0 Å². The lowest BCUT2D eigenvalue weighted by Crippen LogP contribution is -2.13. The summed E-state index contributed by atoms with van der Waals surface area (Å²) in [5.41, 5.74) is 4.00. The standard InChI is InChI=1S/C42H48N2O2S5/c1-5-9-11-25(7-3)23-47-17-15-27-19-32-35(49-27)21-31-29-13-14-30-38-37(29)40(42(46)43(31)32)51-39(38)34-22-36-33(44(34)41(30)45)20-28(50-36)16-18-48-24-26(8-4)12-10-6-2/h13-14,19-22,25-26H,5-12,15-18,23-24H2,1-4H3. The van der Waals surface area contributed by atoms with E-state index in [0.717, 1.165) is 88.5 Å². The molecule has 2 unspecified atom stereocenters. The molecule has 0 saturated carbocycles. The second kappa shape index (κ2) is 15.2. The Labute approximate surface area is 320 Å². The number of thiophene rings is 3. The lowest BCUT2D eigenvalue weighted by molar-refractivity contribution is 0.499. The second-order valence-corrected chi connectivity index (χ2v) is 20.1. The van der Waals surface area contributed by atoms with Gasteiger partial charge in [0, 0.05) is 31.3 Å². The molecule has 0 spiro atoms. The molecule has 0 radical (unpaired) electrons. The summed E-state index contributed by atoms with van der Waals surface area (Å²) in [6.07, 6.45) is 12.5. The monoisotopic (exact) mass is 772 g/mol. The van der Waals surface area contributed by atoms with Crippen molar-refractivity contribution < 1.29 is 0 Å². The average Bonchev–Trinajstić information content (AvgIpc) is 3.95. The molecule has 0 aliphatic rings. The van der Waals surface area contributed by atoms with Crippen LogP contribution in [0.1, 0.15) is 88.8 Å². The Balaban J connectivity index is 1.10. The SMILES string of the molecule is CCCCC(CC)CSCCc1cc2c(cc3c4ccc5c(=O)n6c7cc(CCSCC(CC)CCCC)sc7cc6c6sc(c(=O)n23)c4c56)s1. The van der Waals surface area contributed by atoms with Crippen molar-refractivity contribution in [3.05, 3.63) is 66.9 Å². The molecule has 51 heavy (non-hydrogen) atoms. The third-order valence-corrected chi connectivity index (χ3v) is 16.9. The van der Waals surface area contributed by atoms with Gasteiger partial charge >= 0.3 is 0 Å². The predicted molar refractivity (Wildman–Crippen MR) is 233 cm³/mol. The number of aryl methyl sites for hydroxylation is 2. The van der Waals surface area contributed by atoms with Gasteiger partial charge in [-0.05, 0) is 90.9 Å². The number of pyridine rings is 2. The molecule has 2 atom stereocenters. The topological polar surface area (TPSA) is 43.0 Å². The summed E-state index contributed by atoms with van der Waals surface area (Å²) in [4.78, 5) is 31.3. The first-order chi connectivity index (χ1) is 24.9. The Morgan fingerprint density at radius 1 is 0.608 bits per heavy atom. The average molecular weight is 773 g/mol. The van der Waals surface area contributed by atoms with E-state index in [1.54, 1.807) is 11.3 Å². The summed E-state index contributed by atoms with van der Waals surface area (Å²) in [5.74, 6) is 6.37. The number of thioether (sulfide) groups is 2. The lowest BCUT2D eigenvalue weighted by atomic mass is 10.0. The van der Waals surface area contributed by atoms with Gasteiger partial charge in [-0.25, -0.2) is 0 Å². The summed E-state index contributed by atoms with van der Waals surface area (Å²) in [7, 11) is 0. The molecule has 0 aliphatic heterocycles. The van der Waals surface area contributed by atoms with Crippen molar-refractivity contribution in [3.63, 3.8) is 0 Å². The Hall–Kier alpha value is -2.30. The number of rotatable bonds is 18. The van der Waals surface area contributed by atoms with E-state index in [1.165, 1.54) is 77.3 Å². The van der Waals surface area contributed by atoms with Gasteiger partial charge in [0.2, 0.25) is 0 Å². The van der Waals surface area contributed by atoms with Crippen molar-refractivity contribution in [2.75, 3.05) is 23.0 Å². The van der Waals surface area contributed by atoms with Crippen LogP contribution in [0.2, 0.25) is 0 Å². The third kappa shape index (κ3) is 6.41. The summed E-state index contributed by atoms with van der Waals surface area (Å²) in [6.45, 7) is 9.21. The van der Waals surface area contributed by atoms with Gasteiger partial charge in [-0.15, -0.1) is 34.0 Å². The first-order valence-electron chi connectivity index (χ1n) is 19.1. The highest BCUT2D eigenvalue weighted by atomic mass is 32.2. The molecule has 8 rings (SSSR count). The highest BCUT2D eigenvalue weighted by Gasteiger charge is 2.25. The number of hydrogen-bond acceptors (Lipinski definition) is 7. The van der Waals surface area contributed by atoms with Gasteiger partial charge in [0.1, 0.15) is 4.70 Å². The highest BCUT2D eigenvalue weighted by molar-refractivity contribution is 7.99. The van der Waals surface area contributed by atoms with E-state index in [4.69, 9.17) is 0 Å². The van der Waals surface area contributed by atoms with E-state index in [1.807, 2.05) is 37.5 Å². The zero-order chi connectivity index (χ0) is 35.2. The van der Waals surface area contributed by atoms with E-state index in [9.17, 15) is 9.59 Å². The predicted octanol–water partition coefficient (Wildman–Crippen LogP) is 12.7. The van der Waals surface area contributed by atoms with Crippen molar-refractivity contribution in [3.8, 4) is 0 Å². The van der Waals surface area contributed by atoms with Crippen LogP contribution < -0.4 is 11.1 Å². The van der Waals surface area contributed by atoms with E-state index in [-0.39, 0.29) is 11.1 Å². The number of nitrogens with zero attached hydrogens (tertiary/aromatic N) is 2. The quantitative estimate of drug-likeness (QED) is 0.0643. The second-order valence-electron chi connectivity index (χ2n) is 14.4. The molecule has 9 heteroatoms. The lowest BCUT2D eigenvalue weighted by Gasteiger charge is -2.13. The van der Waals surface area contributed by atoms with Crippen LogP contribution in [0.3, 0.4) is 0 Å². The molecule has 1 aromatic carbocycles. The van der Waals surface area contributed by atoms with Crippen molar-refractivity contribution >= 4 is 120 Å². The first kappa shape index (κ1) is 35.7. The molecule has 7 aromatic heterocycles. The molecule has 4 nitrogen and oxygen atoms in total. The van der Waals surface area contributed by atoms with Gasteiger partial charge in [-0.1, -0.05) is 72.3 Å².